The minimum absolute atomic E-state index is 0. The van der Waals surface area contributed by atoms with Crippen molar-refractivity contribution < 1.29 is 18.0 Å². The molecule has 0 saturated heterocycles. The molecule has 0 aromatic heterocycles. The molecule has 4 nitrogen and oxygen atoms in total. The summed E-state index contributed by atoms with van der Waals surface area (Å²) in [4.78, 5) is 0. The highest BCUT2D eigenvalue weighted by atomic mass is 27.2. The maximum atomic E-state index is 7.31. The van der Waals surface area contributed by atoms with E-state index in [4.69, 9.17) is 12.5 Å². The maximum Gasteiger partial charge on any atom is 0.897 e. The molecule has 5 heavy (non-hydrogen) atoms. The third-order valence-corrected chi connectivity index (χ3v) is 0. The zero-order valence-electron chi connectivity index (χ0n) is 2.33. The first-order valence-corrected chi connectivity index (χ1v) is 2.32. The fraction of sp³-hybridized carbons (Fsp3) is 0. The molecule has 0 unspecified atom stereocenters. The number of hydrogen-bond donors (Lipinski definition) is 3. The lowest BCUT2D eigenvalue weighted by Gasteiger charge is -2.00. The van der Waals surface area contributed by atoms with Gasteiger partial charge < -0.3 is 18.0 Å². The van der Waals surface area contributed by atoms with E-state index in [9.17, 15) is 0 Å². The predicted molar refractivity (Wildman–Crippen MR) is 13.1 cm³/mol. The smallest absolute Gasteiger partial charge is 0.897 e. The van der Waals surface area contributed by atoms with Gasteiger partial charge in [0.25, 0.3) is 0 Å². The zero-order valence-corrected chi connectivity index (χ0v) is 3.48. The molecule has 0 aliphatic heterocycles. The van der Waals surface area contributed by atoms with E-state index in [-0.39, 0.29) is 5.48 Å². The first-order chi connectivity index (χ1) is 1.73. The van der Waals surface area contributed by atoms with Crippen molar-refractivity contribution in [3.05, 3.63) is 0 Å². The van der Waals surface area contributed by atoms with Crippen molar-refractivity contribution in [1.82, 2.24) is 0 Å². The van der Waals surface area contributed by atoms with Crippen LogP contribution in [0.3, 0.4) is 0 Å². The monoisotopic (exact) mass is 94.0 g/mol. The Balaban J connectivity index is 0. The van der Waals surface area contributed by atoms with Crippen LogP contribution in [0.25, 0.3) is 0 Å². The van der Waals surface area contributed by atoms with Crippen LogP contribution in [-0.4, -0.2) is 27.6 Å². The van der Waals surface area contributed by atoms with Crippen LogP contribution in [0.2, 0.25) is 0 Å². The molecule has 0 aliphatic carbocycles. The molecule has 0 rings (SSSR count). The van der Waals surface area contributed by atoms with Gasteiger partial charge in [-0.2, -0.15) is 0 Å². The van der Waals surface area contributed by atoms with Gasteiger partial charge in [-0.05, 0) is 0 Å². The third kappa shape index (κ3) is 177. The second kappa shape index (κ2) is 4.37. The van der Waals surface area contributed by atoms with Crippen molar-refractivity contribution in [2.45, 2.75) is 0 Å². The SMILES string of the molecule is [O-2].[OH][Al]([OH])[OH]. The fourth-order valence-electron chi connectivity index (χ4n) is 0. The standard InChI is InChI=1S/Al.3H2O.O/h;3*1H2;/q+3;;;;-2/p-3. The highest BCUT2D eigenvalue weighted by molar-refractivity contribution is 6.30. The molecule has 3 N–H and O–H groups in total. The summed E-state index contributed by atoms with van der Waals surface area (Å²) in [6.45, 7) is 0. The molecular weight excluding hydrogens is 91.0 g/mol. The van der Waals surface area contributed by atoms with Gasteiger partial charge in [-0.3, -0.25) is 0 Å². The quantitative estimate of drug-likeness (QED) is 0.298. The van der Waals surface area contributed by atoms with Gasteiger partial charge in [0.15, 0.2) is 0 Å². The maximum absolute atomic E-state index is 7.31. The number of hydrogen-bond acceptors (Lipinski definition) is 3. The lowest BCUT2D eigenvalue weighted by molar-refractivity contribution is 0.278. The summed E-state index contributed by atoms with van der Waals surface area (Å²) < 4.78 is 21.9. The van der Waals surface area contributed by atoms with E-state index in [1.807, 2.05) is 0 Å². The predicted octanol–water partition coefficient (Wildman–Crippen LogP) is -2.17. The van der Waals surface area contributed by atoms with Gasteiger partial charge in [0, 0.05) is 0 Å². The largest absolute Gasteiger partial charge is 2.00 e. The van der Waals surface area contributed by atoms with E-state index in [0.717, 1.165) is 0 Å². The molecule has 0 aromatic rings. The van der Waals surface area contributed by atoms with Crippen molar-refractivity contribution in [2.24, 2.45) is 0 Å². The first kappa shape index (κ1) is 9.03. The summed E-state index contributed by atoms with van der Waals surface area (Å²) in [7, 11) is 0. The molecular formula is H3AlO4-2. The molecule has 5 heteroatoms. The van der Waals surface area contributed by atoms with Crippen LogP contribution in [0.5, 0.6) is 0 Å². The van der Waals surface area contributed by atoms with Crippen LogP contribution in [0.1, 0.15) is 0 Å². The van der Waals surface area contributed by atoms with Gasteiger partial charge in [-0.25, -0.2) is 0 Å². The molecule has 0 aliphatic rings. The van der Waals surface area contributed by atoms with Gasteiger partial charge in [-0.1, -0.05) is 0 Å². The van der Waals surface area contributed by atoms with Crippen LogP contribution in [0.4, 0.5) is 0 Å². The molecule has 0 bridgehead atoms. The summed E-state index contributed by atoms with van der Waals surface area (Å²) in [5.74, 6) is 0. The molecule has 32 valence electrons. The minimum Gasteiger partial charge on any atom is -2.00 e. The summed E-state index contributed by atoms with van der Waals surface area (Å²) >= 11 is -3.14. The summed E-state index contributed by atoms with van der Waals surface area (Å²) in [6.07, 6.45) is 0. The summed E-state index contributed by atoms with van der Waals surface area (Å²) in [6, 6.07) is 0. The Kier molecular flexibility index (Phi) is 7.90. The second-order valence-corrected chi connectivity index (χ2v) is 1.04. The highest BCUT2D eigenvalue weighted by Gasteiger charge is 2.08. The van der Waals surface area contributed by atoms with Crippen molar-refractivity contribution in [1.29, 1.82) is 0 Å². The third-order valence-electron chi connectivity index (χ3n) is 0. The van der Waals surface area contributed by atoms with Crippen LogP contribution in [0.15, 0.2) is 0 Å². The Morgan fingerprint density at radius 1 is 1.00 bits per heavy atom. The lowest BCUT2D eigenvalue weighted by Crippen LogP contribution is -2.07. The Labute approximate surface area is 34.0 Å². The van der Waals surface area contributed by atoms with E-state index in [2.05, 4.69) is 0 Å². The van der Waals surface area contributed by atoms with Crippen LogP contribution < -0.4 is 0 Å². The van der Waals surface area contributed by atoms with Gasteiger partial charge in [0.2, 0.25) is 0 Å². The molecule has 0 aromatic carbocycles. The first-order valence-electron chi connectivity index (χ1n) is 0.775. The van der Waals surface area contributed by atoms with E-state index in [1.54, 1.807) is 0 Å². The lowest BCUT2D eigenvalue weighted by atomic mass is 15.7. The van der Waals surface area contributed by atoms with Gasteiger partial charge >= 0.3 is 15.1 Å². The molecule has 0 amide bonds. The highest BCUT2D eigenvalue weighted by Crippen LogP contribution is 1.40. The molecule has 0 radical (unpaired) electrons. The fourth-order valence-corrected chi connectivity index (χ4v) is 0. The van der Waals surface area contributed by atoms with Crippen molar-refractivity contribution in [3.8, 4) is 0 Å². The van der Waals surface area contributed by atoms with Crippen LogP contribution in [-0.2, 0) is 5.48 Å². The molecule has 0 spiro atoms. The summed E-state index contributed by atoms with van der Waals surface area (Å²) in [5, 5.41) is 0. The van der Waals surface area contributed by atoms with Crippen molar-refractivity contribution >= 4 is 15.1 Å². The average Bonchev–Trinajstić information content (AvgIpc) is 0.811. The van der Waals surface area contributed by atoms with Crippen molar-refractivity contribution in [2.75, 3.05) is 0 Å². The minimum atomic E-state index is -3.14. The van der Waals surface area contributed by atoms with Gasteiger partial charge in [0.05, 0.1) is 0 Å². The second-order valence-electron chi connectivity index (χ2n) is 0.346. The molecule has 0 saturated carbocycles. The Morgan fingerprint density at radius 3 is 1.00 bits per heavy atom. The average molecular weight is 94.0 g/mol. The zero-order chi connectivity index (χ0) is 3.58. The van der Waals surface area contributed by atoms with E-state index < -0.39 is 15.1 Å². The van der Waals surface area contributed by atoms with Gasteiger partial charge in [-0.15, -0.1) is 0 Å². The number of rotatable bonds is 0. The normalized spacial score (nSPS) is 5.40. The van der Waals surface area contributed by atoms with Crippen LogP contribution in [0, 0.1) is 0 Å². The van der Waals surface area contributed by atoms with E-state index >= 15 is 0 Å². The van der Waals surface area contributed by atoms with Crippen molar-refractivity contribution in [3.63, 3.8) is 0 Å². The van der Waals surface area contributed by atoms with Crippen LogP contribution >= 0.6 is 0 Å². The molecule has 0 fully saturated rings. The Morgan fingerprint density at radius 2 is 1.00 bits per heavy atom. The van der Waals surface area contributed by atoms with E-state index in [1.165, 1.54) is 0 Å². The Bertz CT molecular complexity index is 8.36. The molecule has 0 heterocycles. The molecule has 0 atom stereocenters. The van der Waals surface area contributed by atoms with Gasteiger partial charge in [0.1, 0.15) is 0 Å². The van der Waals surface area contributed by atoms with E-state index in [0.29, 0.717) is 0 Å². The Hall–Kier alpha value is 0.372. The topological polar surface area (TPSA) is 89.2 Å². The summed E-state index contributed by atoms with van der Waals surface area (Å²) in [5.41, 5.74) is 0.